The lowest BCUT2D eigenvalue weighted by Crippen LogP contribution is -2.26. The maximum absolute atomic E-state index is 13.9. The number of anilines is 3. The quantitative estimate of drug-likeness (QED) is 0.450. The van der Waals surface area contributed by atoms with Crippen LogP contribution in [0, 0.1) is 18.7 Å². The molecule has 0 spiro atoms. The van der Waals surface area contributed by atoms with Crippen molar-refractivity contribution in [2.24, 2.45) is 5.92 Å². The van der Waals surface area contributed by atoms with Gasteiger partial charge in [-0.05, 0) is 36.8 Å². The van der Waals surface area contributed by atoms with Gasteiger partial charge in [-0.1, -0.05) is 18.2 Å². The molecule has 0 bridgehead atoms. The minimum Gasteiger partial charge on any atom is -0.495 e. The first-order chi connectivity index (χ1) is 16.8. The highest BCUT2D eigenvalue weighted by Crippen LogP contribution is 2.35. The van der Waals surface area contributed by atoms with Crippen LogP contribution in [-0.2, 0) is 25.7 Å². The van der Waals surface area contributed by atoms with Crippen LogP contribution in [0.4, 0.5) is 20.9 Å². The number of carbonyl (C=O) groups excluding carboxylic acids is 3. The van der Waals surface area contributed by atoms with Crippen LogP contribution in [0.1, 0.15) is 24.6 Å². The molecule has 182 valence electrons. The van der Waals surface area contributed by atoms with Gasteiger partial charge in [0, 0.05) is 31.0 Å². The number of hydrogen-bond donors (Lipinski definition) is 0. The molecule has 0 radical (unpaired) electrons. The second-order valence-corrected chi connectivity index (χ2v) is 8.93. The van der Waals surface area contributed by atoms with Gasteiger partial charge in [-0.2, -0.15) is 0 Å². The average molecular weight is 498 g/mol. The van der Waals surface area contributed by atoms with Gasteiger partial charge in [-0.3, -0.25) is 19.3 Å². The molecule has 4 rings (SSSR count). The van der Waals surface area contributed by atoms with Crippen molar-refractivity contribution >= 4 is 45.6 Å². The van der Waals surface area contributed by atoms with Crippen LogP contribution in [0.5, 0.6) is 5.75 Å². The Morgan fingerprint density at radius 2 is 2.03 bits per heavy atom. The molecule has 2 aromatic carbocycles. The number of aryl methyl sites for hydroxylation is 1. The van der Waals surface area contributed by atoms with Crippen molar-refractivity contribution in [3.63, 3.8) is 0 Å². The number of methoxy groups -OCH3 is 1. The summed E-state index contributed by atoms with van der Waals surface area (Å²) in [6.07, 6.45) is -0.0113. The number of aromatic nitrogens is 1. The lowest BCUT2D eigenvalue weighted by atomic mass is 10.1. The van der Waals surface area contributed by atoms with Crippen molar-refractivity contribution < 1.29 is 28.2 Å². The van der Waals surface area contributed by atoms with Crippen molar-refractivity contribution in [1.82, 2.24) is 4.98 Å². The predicted molar refractivity (Wildman–Crippen MR) is 129 cm³/mol. The van der Waals surface area contributed by atoms with Crippen molar-refractivity contribution in [3.8, 4) is 5.75 Å². The van der Waals surface area contributed by atoms with Crippen molar-refractivity contribution in [3.05, 3.63) is 64.9 Å². The van der Waals surface area contributed by atoms with Gasteiger partial charge in [-0.15, -0.1) is 11.3 Å². The molecule has 10 heteroatoms. The van der Waals surface area contributed by atoms with Crippen LogP contribution in [0.3, 0.4) is 0 Å². The van der Waals surface area contributed by atoms with E-state index in [4.69, 9.17) is 9.47 Å². The van der Waals surface area contributed by atoms with Gasteiger partial charge in [0.05, 0.1) is 24.4 Å². The third kappa shape index (κ3) is 5.17. The summed E-state index contributed by atoms with van der Waals surface area (Å²) in [5.74, 6) is -1.59. The zero-order chi connectivity index (χ0) is 25.1. The number of para-hydroxylation sites is 2. The number of thiazole rings is 1. The Morgan fingerprint density at radius 3 is 2.74 bits per heavy atom. The third-order valence-corrected chi connectivity index (χ3v) is 6.53. The molecule has 35 heavy (non-hydrogen) atoms. The van der Waals surface area contributed by atoms with E-state index in [1.165, 1.54) is 41.2 Å². The van der Waals surface area contributed by atoms with Crippen LogP contribution in [0.2, 0.25) is 0 Å². The summed E-state index contributed by atoms with van der Waals surface area (Å²) in [5, 5.41) is 2.12. The van der Waals surface area contributed by atoms with E-state index in [1.54, 1.807) is 48.7 Å². The first-order valence-electron chi connectivity index (χ1n) is 10.9. The fourth-order valence-corrected chi connectivity index (χ4v) is 4.68. The van der Waals surface area contributed by atoms with E-state index < -0.39 is 17.7 Å². The minimum atomic E-state index is -0.660. The molecule has 1 saturated heterocycles. The third-order valence-electron chi connectivity index (χ3n) is 5.66. The van der Waals surface area contributed by atoms with Gasteiger partial charge in [0.15, 0.2) is 5.13 Å². The van der Waals surface area contributed by atoms with Crippen LogP contribution >= 0.6 is 11.3 Å². The van der Waals surface area contributed by atoms with Crippen LogP contribution in [0.25, 0.3) is 0 Å². The van der Waals surface area contributed by atoms with Gasteiger partial charge in [-0.25, -0.2) is 9.37 Å². The molecule has 8 nitrogen and oxygen atoms in total. The van der Waals surface area contributed by atoms with Gasteiger partial charge in [0.1, 0.15) is 18.2 Å². The Morgan fingerprint density at radius 1 is 1.26 bits per heavy atom. The predicted octanol–water partition coefficient (Wildman–Crippen LogP) is 4.38. The number of halogens is 1. The molecule has 1 atom stereocenters. The van der Waals surface area contributed by atoms with E-state index >= 15 is 0 Å². The van der Waals surface area contributed by atoms with E-state index in [0.29, 0.717) is 33.5 Å². The molecular formula is C25H24FN3O5S. The molecule has 0 N–H and O–H groups in total. The summed E-state index contributed by atoms with van der Waals surface area (Å²) in [5.41, 5.74) is 1.92. The standard InChI is InChI=1S/C25H24FN3O5S/c1-15-8-9-19(11-20(15)26)28-12-17(10-23(28)31)24(32)34-13-18-14-35-25(27-18)29(16(2)30)21-6-4-5-7-22(21)33-3/h4-9,11,14,17H,10,12-13H2,1-3H3. The van der Waals surface area contributed by atoms with E-state index in [9.17, 15) is 18.8 Å². The highest BCUT2D eigenvalue weighted by Gasteiger charge is 2.36. The molecule has 1 unspecified atom stereocenters. The van der Waals surface area contributed by atoms with Crippen LogP contribution in [-0.4, -0.2) is 36.4 Å². The second kappa shape index (κ2) is 10.2. The summed E-state index contributed by atoms with van der Waals surface area (Å²) in [4.78, 5) is 44.7. The monoisotopic (exact) mass is 497 g/mol. The lowest BCUT2D eigenvalue weighted by molar-refractivity contribution is -0.149. The van der Waals surface area contributed by atoms with E-state index in [2.05, 4.69) is 4.98 Å². The molecule has 3 aromatic rings. The Labute approximate surface area is 205 Å². The van der Waals surface area contributed by atoms with E-state index in [-0.39, 0.29) is 31.4 Å². The van der Waals surface area contributed by atoms with E-state index in [1.807, 2.05) is 0 Å². The van der Waals surface area contributed by atoms with E-state index in [0.717, 1.165) is 0 Å². The van der Waals surface area contributed by atoms with Crippen molar-refractivity contribution in [2.75, 3.05) is 23.5 Å². The zero-order valence-corrected chi connectivity index (χ0v) is 20.3. The van der Waals surface area contributed by atoms with Crippen molar-refractivity contribution in [1.29, 1.82) is 0 Å². The number of esters is 1. The Balaban J connectivity index is 1.41. The molecule has 1 fully saturated rings. The van der Waals surface area contributed by atoms with Gasteiger partial charge >= 0.3 is 5.97 Å². The summed E-state index contributed by atoms with van der Waals surface area (Å²) < 4.78 is 24.7. The summed E-state index contributed by atoms with van der Waals surface area (Å²) in [6, 6.07) is 11.6. The van der Waals surface area contributed by atoms with Gasteiger partial charge in [0.25, 0.3) is 0 Å². The van der Waals surface area contributed by atoms with Crippen molar-refractivity contribution in [2.45, 2.75) is 26.9 Å². The summed E-state index contributed by atoms with van der Waals surface area (Å²) in [6.45, 7) is 3.09. The van der Waals surface area contributed by atoms with Gasteiger partial charge in [0.2, 0.25) is 11.8 Å². The Hall–Kier alpha value is -3.79. The molecule has 2 amide bonds. The number of carbonyl (C=O) groups is 3. The number of amides is 2. The Kier molecular flexibility index (Phi) is 7.11. The number of ether oxygens (including phenoxy) is 2. The number of rotatable bonds is 7. The smallest absolute Gasteiger partial charge is 0.311 e. The molecule has 1 aromatic heterocycles. The summed E-state index contributed by atoms with van der Waals surface area (Å²) >= 11 is 1.23. The zero-order valence-electron chi connectivity index (χ0n) is 19.5. The fourth-order valence-electron chi connectivity index (χ4n) is 3.81. The molecule has 0 saturated carbocycles. The highest BCUT2D eigenvalue weighted by molar-refractivity contribution is 7.14. The van der Waals surface area contributed by atoms with Crippen LogP contribution in [0.15, 0.2) is 47.8 Å². The fraction of sp³-hybridized carbons (Fsp3) is 0.280. The molecule has 2 heterocycles. The molecule has 1 aliphatic rings. The lowest BCUT2D eigenvalue weighted by Gasteiger charge is -2.20. The second-order valence-electron chi connectivity index (χ2n) is 8.09. The number of nitrogens with zero attached hydrogens (tertiary/aromatic N) is 3. The molecule has 0 aliphatic carbocycles. The SMILES string of the molecule is COc1ccccc1N(C(C)=O)c1nc(COC(=O)C2CC(=O)N(c3ccc(C)c(F)c3)C2)cs1. The molecular weight excluding hydrogens is 473 g/mol. The number of benzene rings is 2. The maximum Gasteiger partial charge on any atom is 0.311 e. The number of hydrogen-bond acceptors (Lipinski definition) is 7. The molecule has 1 aliphatic heterocycles. The first-order valence-corrected chi connectivity index (χ1v) is 11.8. The topological polar surface area (TPSA) is 89.0 Å². The normalized spacial score (nSPS) is 15.3. The Bertz CT molecular complexity index is 1280. The average Bonchev–Trinajstić information content (AvgIpc) is 3.46. The van der Waals surface area contributed by atoms with Gasteiger partial charge < -0.3 is 14.4 Å². The summed E-state index contributed by atoms with van der Waals surface area (Å²) in [7, 11) is 1.52. The largest absolute Gasteiger partial charge is 0.495 e. The first kappa shape index (κ1) is 24.3. The minimum absolute atomic E-state index is 0.0113. The maximum atomic E-state index is 13.9. The highest BCUT2D eigenvalue weighted by atomic mass is 32.1. The van der Waals surface area contributed by atoms with Crippen LogP contribution < -0.4 is 14.5 Å².